The van der Waals surface area contributed by atoms with Gasteiger partial charge in [-0.15, -0.1) is 0 Å². The second kappa shape index (κ2) is 6.00. The Kier molecular flexibility index (Phi) is 4.36. The van der Waals surface area contributed by atoms with Gasteiger partial charge < -0.3 is 14.8 Å². The number of methoxy groups -OCH3 is 1. The highest BCUT2D eigenvalue weighted by molar-refractivity contribution is 5.37. The van der Waals surface area contributed by atoms with Crippen molar-refractivity contribution in [1.82, 2.24) is 9.97 Å². The number of hydrogen-bond acceptors (Lipinski definition) is 5. The molecule has 0 saturated heterocycles. The number of aromatic nitrogens is 2. The smallest absolute Gasteiger partial charge is 0.218 e. The lowest BCUT2D eigenvalue weighted by atomic mass is 9.95. The molecular weight excluding hydrogens is 230 g/mol. The van der Waals surface area contributed by atoms with Crippen LogP contribution in [0, 0.1) is 6.92 Å². The van der Waals surface area contributed by atoms with Gasteiger partial charge in [0.05, 0.1) is 6.10 Å². The molecule has 5 heteroatoms. The van der Waals surface area contributed by atoms with E-state index < -0.39 is 0 Å². The van der Waals surface area contributed by atoms with Gasteiger partial charge in [0.15, 0.2) is 0 Å². The van der Waals surface area contributed by atoms with Gasteiger partial charge in [0.1, 0.15) is 17.7 Å². The summed E-state index contributed by atoms with van der Waals surface area (Å²) < 4.78 is 11.3. The van der Waals surface area contributed by atoms with E-state index in [0.717, 1.165) is 37.3 Å². The van der Waals surface area contributed by atoms with Crippen molar-refractivity contribution in [1.29, 1.82) is 0 Å². The van der Waals surface area contributed by atoms with Crippen LogP contribution in [-0.4, -0.2) is 36.3 Å². The first kappa shape index (κ1) is 13.1. The molecule has 0 radical (unpaired) electrons. The fourth-order valence-corrected chi connectivity index (χ4v) is 2.32. The van der Waals surface area contributed by atoms with Crippen LogP contribution < -0.4 is 10.1 Å². The summed E-state index contributed by atoms with van der Waals surface area (Å²) in [5.41, 5.74) is 0. The number of rotatable bonds is 4. The summed E-state index contributed by atoms with van der Waals surface area (Å²) in [6.07, 6.45) is 4.79. The molecular formula is C13H21N3O2. The van der Waals surface area contributed by atoms with Gasteiger partial charge in [-0.05, 0) is 26.2 Å². The highest BCUT2D eigenvalue weighted by Gasteiger charge is 2.23. The lowest BCUT2D eigenvalue weighted by molar-refractivity contribution is 0.0194. The van der Waals surface area contributed by atoms with Crippen molar-refractivity contribution in [3.05, 3.63) is 11.9 Å². The van der Waals surface area contributed by atoms with Crippen LogP contribution in [0.15, 0.2) is 6.07 Å². The Labute approximate surface area is 108 Å². The first-order chi connectivity index (χ1) is 8.71. The number of anilines is 1. The van der Waals surface area contributed by atoms with Crippen LogP contribution in [0.2, 0.25) is 0 Å². The van der Waals surface area contributed by atoms with E-state index in [1.54, 1.807) is 7.11 Å². The summed E-state index contributed by atoms with van der Waals surface area (Å²) in [4.78, 5) is 8.56. The monoisotopic (exact) mass is 251 g/mol. The van der Waals surface area contributed by atoms with E-state index in [-0.39, 0.29) is 6.10 Å². The molecule has 0 spiro atoms. The van der Waals surface area contributed by atoms with Crippen LogP contribution in [-0.2, 0) is 4.74 Å². The zero-order valence-electron chi connectivity index (χ0n) is 11.3. The Morgan fingerprint density at radius 1 is 1.28 bits per heavy atom. The molecule has 1 N–H and O–H groups in total. The lowest BCUT2D eigenvalue weighted by Gasteiger charge is -2.28. The Morgan fingerprint density at radius 2 is 2.06 bits per heavy atom. The third-order valence-electron chi connectivity index (χ3n) is 3.27. The molecule has 100 valence electrons. The van der Waals surface area contributed by atoms with Crippen molar-refractivity contribution >= 4 is 5.82 Å². The summed E-state index contributed by atoms with van der Waals surface area (Å²) >= 11 is 0. The first-order valence-electron chi connectivity index (χ1n) is 6.44. The average molecular weight is 251 g/mol. The standard InChI is InChI=1S/C13H21N3O2/c1-9-15-12(14-2)8-13(16-9)18-11-6-4-5-10(7-11)17-3/h8,10-11H,4-7H2,1-3H3,(H,14,15,16). The molecule has 0 aromatic carbocycles. The normalized spacial score (nSPS) is 23.7. The topological polar surface area (TPSA) is 56.3 Å². The molecule has 2 unspecified atom stereocenters. The highest BCUT2D eigenvalue weighted by atomic mass is 16.5. The highest BCUT2D eigenvalue weighted by Crippen LogP contribution is 2.25. The summed E-state index contributed by atoms with van der Waals surface area (Å²) in [5.74, 6) is 2.15. The Hall–Kier alpha value is -1.36. The Bertz CT molecular complexity index is 398. The van der Waals surface area contributed by atoms with E-state index in [0.29, 0.717) is 12.0 Å². The van der Waals surface area contributed by atoms with Gasteiger partial charge in [-0.25, -0.2) is 4.98 Å². The van der Waals surface area contributed by atoms with E-state index in [4.69, 9.17) is 9.47 Å². The molecule has 5 nitrogen and oxygen atoms in total. The molecule has 0 amide bonds. The SMILES string of the molecule is CNc1cc(OC2CCCC(OC)C2)nc(C)n1. The fraction of sp³-hybridized carbons (Fsp3) is 0.692. The summed E-state index contributed by atoms with van der Waals surface area (Å²) in [6, 6.07) is 1.84. The zero-order chi connectivity index (χ0) is 13.0. The van der Waals surface area contributed by atoms with E-state index in [1.807, 2.05) is 20.0 Å². The molecule has 1 fully saturated rings. The minimum atomic E-state index is 0.197. The molecule has 1 aliphatic rings. The minimum absolute atomic E-state index is 0.197. The first-order valence-corrected chi connectivity index (χ1v) is 6.44. The fourth-order valence-electron chi connectivity index (χ4n) is 2.32. The van der Waals surface area contributed by atoms with Crippen LogP contribution >= 0.6 is 0 Å². The molecule has 18 heavy (non-hydrogen) atoms. The van der Waals surface area contributed by atoms with E-state index in [1.165, 1.54) is 0 Å². The number of aryl methyl sites for hydroxylation is 1. The van der Waals surface area contributed by atoms with Crippen molar-refractivity contribution in [2.24, 2.45) is 0 Å². The maximum absolute atomic E-state index is 5.94. The minimum Gasteiger partial charge on any atom is -0.474 e. The van der Waals surface area contributed by atoms with E-state index in [9.17, 15) is 0 Å². The largest absolute Gasteiger partial charge is 0.474 e. The van der Waals surface area contributed by atoms with Gasteiger partial charge in [0.2, 0.25) is 5.88 Å². The third-order valence-corrected chi connectivity index (χ3v) is 3.27. The third kappa shape index (κ3) is 3.32. The molecule has 1 aromatic heterocycles. The van der Waals surface area contributed by atoms with Crippen molar-refractivity contribution < 1.29 is 9.47 Å². The van der Waals surface area contributed by atoms with Crippen LogP contribution in [0.4, 0.5) is 5.82 Å². The van der Waals surface area contributed by atoms with Crippen LogP contribution in [0.5, 0.6) is 5.88 Å². The second-order valence-corrected chi connectivity index (χ2v) is 4.65. The predicted octanol–water partition coefficient (Wildman–Crippen LogP) is 2.16. The second-order valence-electron chi connectivity index (χ2n) is 4.65. The van der Waals surface area contributed by atoms with E-state index >= 15 is 0 Å². The maximum Gasteiger partial charge on any atom is 0.218 e. The predicted molar refractivity (Wildman–Crippen MR) is 70.0 cm³/mol. The summed E-state index contributed by atoms with van der Waals surface area (Å²) in [6.45, 7) is 1.87. The Morgan fingerprint density at radius 3 is 2.78 bits per heavy atom. The zero-order valence-corrected chi connectivity index (χ0v) is 11.3. The van der Waals surface area contributed by atoms with Gasteiger partial charge in [-0.2, -0.15) is 4.98 Å². The lowest BCUT2D eigenvalue weighted by Crippen LogP contribution is -2.29. The molecule has 1 saturated carbocycles. The van der Waals surface area contributed by atoms with Gasteiger partial charge in [0, 0.05) is 26.6 Å². The van der Waals surface area contributed by atoms with Crippen molar-refractivity contribution in [3.63, 3.8) is 0 Å². The molecule has 1 aliphatic carbocycles. The van der Waals surface area contributed by atoms with E-state index in [2.05, 4.69) is 15.3 Å². The Balaban J connectivity index is 2.02. The number of nitrogens with one attached hydrogen (secondary N) is 1. The average Bonchev–Trinajstić information content (AvgIpc) is 2.38. The molecule has 0 aliphatic heterocycles. The molecule has 2 rings (SSSR count). The molecule has 2 atom stereocenters. The summed E-state index contributed by atoms with van der Waals surface area (Å²) in [5, 5.41) is 3.01. The van der Waals surface area contributed by atoms with Crippen molar-refractivity contribution in [2.45, 2.75) is 44.8 Å². The van der Waals surface area contributed by atoms with Crippen LogP contribution in [0.3, 0.4) is 0 Å². The number of hydrogen-bond donors (Lipinski definition) is 1. The maximum atomic E-state index is 5.94. The molecule has 0 bridgehead atoms. The van der Waals surface area contributed by atoms with Crippen molar-refractivity contribution in [3.8, 4) is 5.88 Å². The van der Waals surface area contributed by atoms with Crippen LogP contribution in [0.1, 0.15) is 31.5 Å². The molecule has 1 heterocycles. The van der Waals surface area contributed by atoms with Gasteiger partial charge in [0.25, 0.3) is 0 Å². The van der Waals surface area contributed by atoms with Gasteiger partial charge >= 0.3 is 0 Å². The molecule has 1 aromatic rings. The van der Waals surface area contributed by atoms with Crippen LogP contribution in [0.25, 0.3) is 0 Å². The van der Waals surface area contributed by atoms with Crippen molar-refractivity contribution in [2.75, 3.05) is 19.5 Å². The number of ether oxygens (including phenoxy) is 2. The quantitative estimate of drug-likeness (QED) is 0.888. The summed E-state index contributed by atoms with van der Waals surface area (Å²) in [7, 11) is 3.61. The van der Waals surface area contributed by atoms with Gasteiger partial charge in [-0.1, -0.05) is 0 Å². The van der Waals surface area contributed by atoms with Gasteiger partial charge in [-0.3, -0.25) is 0 Å². The number of nitrogens with zero attached hydrogens (tertiary/aromatic N) is 2.